The van der Waals surface area contributed by atoms with E-state index in [-0.39, 0.29) is 11.6 Å². The zero-order valence-corrected chi connectivity index (χ0v) is 14.8. The molecule has 0 bridgehead atoms. The number of anilines is 1. The first-order chi connectivity index (χ1) is 13.4. The summed E-state index contributed by atoms with van der Waals surface area (Å²) in [4.78, 5) is 23.1. The Morgan fingerprint density at radius 3 is 2.79 bits per heavy atom. The molecule has 1 aliphatic heterocycles. The van der Waals surface area contributed by atoms with Gasteiger partial charge in [-0.15, -0.1) is 5.10 Å². The average Bonchev–Trinajstić information content (AvgIpc) is 3.40. The lowest BCUT2D eigenvalue weighted by Crippen LogP contribution is -2.22. The molecule has 1 amide bonds. The molecule has 1 N–H and O–H groups in total. The van der Waals surface area contributed by atoms with E-state index in [0.29, 0.717) is 28.4 Å². The van der Waals surface area contributed by atoms with Crippen molar-refractivity contribution in [1.82, 2.24) is 20.6 Å². The van der Waals surface area contributed by atoms with Crippen LogP contribution in [-0.2, 0) is 4.79 Å². The number of nitrogens with one attached hydrogen (secondary N) is 1. The molecule has 28 heavy (non-hydrogen) atoms. The highest BCUT2D eigenvalue weighted by molar-refractivity contribution is 6.31. The van der Waals surface area contributed by atoms with E-state index in [9.17, 15) is 14.9 Å². The molecule has 0 aliphatic carbocycles. The van der Waals surface area contributed by atoms with Gasteiger partial charge in [-0.1, -0.05) is 11.2 Å². The minimum absolute atomic E-state index is 0.0263. The lowest BCUT2D eigenvalue weighted by molar-refractivity contribution is -0.384. The number of rotatable bonds is 4. The number of hydrogen-bond donors (Lipinski definition) is 1. The monoisotopic (exact) mass is 379 g/mol. The molecular formula is C17H13N7O4. The second-order valence-corrected chi connectivity index (χ2v) is 6.03. The number of H-pyrrole nitrogens is 1. The minimum atomic E-state index is -0.460. The van der Waals surface area contributed by atoms with Crippen molar-refractivity contribution in [3.63, 3.8) is 0 Å². The van der Waals surface area contributed by atoms with Crippen LogP contribution in [0.25, 0.3) is 17.4 Å². The van der Waals surface area contributed by atoms with Crippen molar-refractivity contribution in [3.8, 4) is 11.3 Å². The highest BCUT2D eigenvalue weighted by Crippen LogP contribution is 2.30. The summed E-state index contributed by atoms with van der Waals surface area (Å²) >= 11 is 0. The quantitative estimate of drug-likeness (QED) is 0.416. The molecule has 2 aromatic heterocycles. The number of carbonyl (C=O) groups excluding carboxylic acids is 1. The summed E-state index contributed by atoms with van der Waals surface area (Å²) in [6, 6.07) is 7.93. The second-order valence-electron chi connectivity index (χ2n) is 6.03. The fourth-order valence-electron chi connectivity index (χ4n) is 2.77. The molecule has 11 heteroatoms. The van der Waals surface area contributed by atoms with Gasteiger partial charge in [-0.2, -0.15) is 15.3 Å². The number of carbonyl (C=O) groups is 1. The Morgan fingerprint density at radius 1 is 1.25 bits per heavy atom. The highest BCUT2D eigenvalue weighted by atomic mass is 16.6. The molecule has 4 rings (SSSR count). The molecule has 3 aromatic rings. The van der Waals surface area contributed by atoms with Gasteiger partial charge >= 0.3 is 0 Å². The van der Waals surface area contributed by atoms with E-state index in [2.05, 4.69) is 25.7 Å². The third-order valence-electron chi connectivity index (χ3n) is 4.20. The van der Waals surface area contributed by atoms with Crippen LogP contribution in [0, 0.1) is 17.0 Å². The van der Waals surface area contributed by atoms with Gasteiger partial charge in [0.2, 0.25) is 0 Å². The zero-order chi connectivity index (χ0) is 19.8. The summed E-state index contributed by atoms with van der Waals surface area (Å²) in [6.45, 7) is 3.51. The smallest absolute Gasteiger partial charge is 0.293 e. The first kappa shape index (κ1) is 17.3. The summed E-state index contributed by atoms with van der Waals surface area (Å²) in [5, 5.41) is 29.4. The largest absolute Gasteiger partial charge is 0.457 e. The summed E-state index contributed by atoms with van der Waals surface area (Å²) in [5.41, 5.74) is 2.20. The normalized spacial score (nSPS) is 15.4. The van der Waals surface area contributed by atoms with E-state index in [1.807, 2.05) is 6.92 Å². The average molecular weight is 379 g/mol. The number of aromatic nitrogens is 4. The summed E-state index contributed by atoms with van der Waals surface area (Å²) in [5.74, 6) is 0.500. The number of aryl methyl sites for hydroxylation is 1. The van der Waals surface area contributed by atoms with Crippen LogP contribution >= 0.6 is 0 Å². The maximum Gasteiger partial charge on any atom is 0.293 e. The van der Waals surface area contributed by atoms with Crippen molar-refractivity contribution >= 4 is 29.3 Å². The van der Waals surface area contributed by atoms with Gasteiger partial charge in [0.25, 0.3) is 17.5 Å². The van der Waals surface area contributed by atoms with Crippen molar-refractivity contribution in [3.05, 3.63) is 57.3 Å². The van der Waals surface area contributed by atoms with E-state index in [1.165, 1.54) is 12.1 Å². The molecule has 0 radical (unpaired) electrons. The number of nitrogens with zero attached hydrogens (tertiary/aromatic N) is 6. The Bertz CT molecular complexity index is 1140. The van der Waals surface area contributed by atoms with Gasteiger partial charge in [0.15, 0.2) is 0 Å². The number of amides is 1. The van der Waals surface area contributed by atoms with Crippen molar-refractivity contribution in [2.45, 2.75) is 13.8 Å². The lowest BCUT2D eigenvalue weighted by atomic mass is 10.1. The predicted molar refractivity (Wildman–Crippen MR) is 98.3 cm³/mol. The minimum Gasteiger partial charge on any atom is -0.457 e. The zero-order valence-electron chi connectivity index (χ0n) is 14.8. The number of hydrogen-bond acceptors (Lipinski definition) is 8. The van der Waals surface area contributed by atoms with E-state index in [4.69, 9.17) is 4.42 Å². The fourth-order valence-corrected chi connectivity index (χ4v) is 2.77. The van der Waals surface area contributed by atoms with Crippen molar-refractivity contribution in [2.75, 3.05) is 5.01 Å². The fraction of sp³-hybridized carbons (Fsp3) is 0.118. The molecule has 0 saturated carbocycles. The van der Waals surface area contributed by atoms with E-state index >= 15 is 0 Å². The first-order valence-corrected chi connectivity index (χ1v) is 8.14. The molecule has 11 nitrogen and oxygen atoms in total. The Kier molecular flexibility index (Phi) is 4.03. The summed E-state index contributed by atoms with van der Waals surface area (Å²) in [7, 11) is 0. The molecule has 1 aromatic carbocycles. The Morgan fingerprint density at radius 2 is 2.07 bits per heavy atom. The van der Waals surface area contributed by atoms with Crippen LogP contribution in [0.1, 0.15) is 18.2 Å². The van der Waals surface area contributed by atoms with Crippen molar-refractivity contribution in [2.24, 2.45) is 5.10 Å². The molecule has 0 spiro atoms. The number of aromatic amines is 1. The third-order valence-corrected chi connectivity index (χ3v) is 4.20. The van der Waals surface area contributed by atoms with Gasteiger partial charge in [-0.25, -0.2) is 0 Å². The van der Waals surface area contributed by atoms with E-state index < -0.39 is 10.8 Å². The molecule has 3 heterocycles. The van der Waals surface area contributed by atoms with Crippen LogP contribution in [0.4, 0.5) is 11.6 Å². The van der Waals surface area contributed by atoms with Gasteiger partial charge in [0, 0.05) is 17.7 Å². The van der Waals surface area contributed by atoms with Crippen molar-refractivity contribution in [1.29, 1.82) is 0 Å². The highest BCUT2D eigenvalue weighted by Gasteiger charge is 2.31. The number of nitro benzene ring substituents is 1. The number of furan rings is 1. The van der Waals surface area contributed by atoms with Crippen LogP contribution in [0.3, 0.4) is 0 Å². The summed E-state index contributed by atoms with van der Waals surface area (Å²) in [6.07, 6.45) is 1.55. The lowest BCUT2D eigenvalue weighted by Gasteiger charge is -2.04. The van der Waals surface area contributed by atoms with Crippen LogP contribution < -0.4 is 5.01 Å². The predicted octanol–water partition coefficient (Wildman–Crippen LogP) is 2.48. The molecule has 0 saturated heterocycles. The summed E-state index contributed by atoms with van der Waals surface area (Å²) < 4.78 is 5.80. The van der Waals surface area contributed by atoms with Crippen molar-refractivity contribution < 1.29 is 14.1 Å². The molecular weight excluding hydrogens is 366 g/mol. The number of benzene rings is 1. The maximum absolute atomic E-state index is 12.6. The third kappa shape index (κ3) is 2.94. The maximum atomic E-state index is 12.6. The molecule has 1 aliphatic rings. The van der Waals surface area contributed by atoms with Crippen LogP contribution in [-0.4, -0.2) is 37.2 Å². The van der Waals surface area contributed by atoms with Crippen LogP contribution in [0.2, 0.25) is 0 Å². The molecule has 0 fully saturated rings. The van der Waals surface area contributed by atoms with Crippen LogP contribution in [0.5, 0.6) is 0 Å². The topological polar surface area (TPSA) is 143 Å². The molecule has 0 atom stereocenters. The number of non-ortho nitro benzene ring substituents is 1. The molecule has 140 valence electrons. The Hall–Kier alpha value is -4.15. The van der Waals surface area contributed by atoms with Crippen LogP contribution in [0.15, 0.2) is 45.4 Å². The van der Waals surface area contributed by atoms with Gasteiger partial charge in [-0.05, 0) is 42.8 Å². The van der Waals surface area contributed by atoms with Gasteiger partial charge < -0.3 is 4.42 Å². The Labute approximate surface area is 157 Å². The molecule has 0 unspecified atom stereocenters. The number of tetrazole rings is 1. The number of hydrazone groups is 1. The van der Waals surface area contributed by atoms with Gasteiger partial charge in [0.1, 0.15) is 11.5 Å². The van der Waals surface area contributed by atoms with E-state index in [1.54, 1.807) is 31.2 Å². The van der Waals surface area contributed by atoms with Gasteiger partial charge in [-0.3, -0.25) is 14.9 Å². The Balaban J connectivity index is 1.66. The SMILES string of the molecule is CC1=NN(c2nn[nH]n2)C(=O)/C1=C\c1ccc(-c2cc([N+](=O)[O-])ccc2C)o1. The first-order valence-electron chi connectivity index (χ1n) is 8.14. The van der Waals surface area contributed by atoms with E-state index in [0.717, 1.165) is 10.6 Å². The van der Waals surface area contributed by atoms with Gasteiger partial charge in [0.05, 0.1) is 16.2 Å². The number of nitro groups is 1. The standard InChI is InChI=1S/C17H13N7O4/c1-9-3-4-11(24(26)27)7-13(9)15-6-5-12(28-15)8-14-10(2)20-23(16(14)25)17-18-21-22-19-17/h3-8H,1-2H3,(H,18,19,21,22)/b14-8-. The second kappa shape index (κ2) is 6.54.